The molecule has 2 N–H and O–H groups in total. The van der Waals surface area contributed by atoms with Crippen molar-refractivity contribution in [3.05, 3.63) is 48.5 Å². The molecule has 0 spiro atoms. The molecule has 1 unspecified atom stereocenters. The monoisotopic (exact) mass is 405 g/mol. The van der Waals surface area contributed by atoms with Gasteiger partial charge in [0.15, 0.2) is 11.5 Å². The number of ether oxygens (including phenoxy) is 2. The molecular weight excluding hydrogens is 381 g/mol. The van der Waals surface area contributed by atoms with Crippen LogP contribution in [-0.2, 0) is 26.7 Å². The minimum Gasteiger partial charge on any atom is -0.382 e. The standard InChI is InChI=1S/C18H24N5O4P/c1-19-17-16-18(21-11-20-17)23(12-22-16)8-15(9-26-2)27-13-28(24,25)10-14-6-4-3-5-7-14/h3-7,11-12,15H,8-10,13H2,1-2H3,(H,24,25)(H,19,20,21)/t15-/m0/s1. The average Bonchev–Trinajstić information content (AvgIpc) is 3.10. The first-order valence-electron chi connectivity index (χ1n) is 8.81. The molecule has 150 valence electrons. The second kappa shape index (κ2) is 9.25. The van der Waals surface area contributed by atoms with Crippen molar-refractivity contribution in [2.75, 3.05) is 32.4 Å². The van der Waals surface area contributed by atoms with Gasteiger partial charge in [-0.15, -0.1) is 0 Å². The van der Waals surface area contributed by atoms with Crippen molar-refractivity contribution in [1.29, 1.82) is 0 Å². The first-order valence-corrected chi connectivity index (χ1v) is 10.8. The summed E-state index contributed by atoms with van der Waals surface area (Å²) in [6.07, 6.45) is 2.50. The zero-order valence-corrected chi connectivity index (χ0v) is 16.7. The fourth-order valence-corrected chi connectivity index (χ4v) is 4.21. The van der Waals surface area contributed by atoms with Crippen LogP contribution in [0.25, 0.3) is 11.2 Å². The molecule has 0 aliphatic carbocycles. The van der Waals surface area contributed by atoms with Crippen LogP contribution in [0.1, 0.15) is 5.56 Å². The van der Waals surface area contributed by atoms with E-state index in [0.29, 0.717) is 23.5 Å². The quantitative estimate of drug-likeness (QED) is 0.495. The summed E-state index contributed by atoms with van der Waals surface area (Å²) in [4.78, 5) is 23.1. The highest BCUT2D eigenvalue weighted by Crippen LogP contribution is 2.44. The predicted molar refractivity (Wildman–Crippen MR) is 106 cm³/mol. The maximum absolute atomic E-state index is 12.5. The Kier molecular flexibility index (Phi) is 6.74. The maximum atomic E-state index is 12.5. The number of fused-ring (bicyclic) bond motifs is 1. The van der Waals surface area contributed by atoms with Gasteiger partial charge in [0.1, 0.15) is 18.2 Å². The molecule has 0 bridgehead atoms. The van der Waals surface area contributed by atoms with E-state index >= 15 is 0 Å². The lowest BCUT2D eigenvalue weighted by Gasteiger charge is -2.20. The van der Waals surface area contributed by atoms with E-state index in [9.17, 15) is 9.46 Å². The van der Waals surface area contributed by atoms with Gasteiger partial charge in [-0.05, 0) is 5.56 Å². The van der Waals surface area contributed by atoms with E-state index in [2.05, 4.69) is 20.3 Å². The van der Waals surface area contributed by atoms with Gasteiger partial charge in [0.25, 0.3) is 0 Å². The normalized spacial score (nSPS) is 14.7. The smallest absolute Gasteiger partial charge is 0.229 e. The lowest BCUT2D eigenvalue weighted by atomic mass is 10.2. The Bertz CT molecular complexity index is 950. The lowest BCUT2D eigenvalue weighted by Crippen LogP contribution is -2.25. The molecule has 0 radical (unpaired) electrons. The molecule has 0 amide bonds. The van der Waals surface area contributed by atoms with Crippen LogP contribution in [0.5, 0.6) is 0 Å². The number of methoxy groups -OCH3 is 1. The fraction of sp³-hybridized carbons (Fsp3) is 0.389. The third kappa shape index (κ3) is 5.14. The average molecular weight is 405 g/mol. The van der Waals surface area contributed by atoms with E-state index < -0.39 is 13.5 Å². The van der Waals surface area contributed by atoms with Crippen LogP contribution in [0.4, 0.5) is 5.82 Å². The molecule has 9 nitrogen and oxygen atoms in total. The molecule has 0 aliphatic rings. The van der Waals surface area contributed by atoms with Gasteiger partial charge in [-0.25, -0.2) is 15.0 Å². The maximum Gasteiger partial charge on any atom is 0.229 e. The largest absolute Gasteiger partial charge is 0.382 e. The van der Waals surface area contributed by atoms with Crippen molar-refractivity contribution in [2.24, 2.45) is 0 Å². The third-order valence-electron chi connectivity index (χ3n) is 4.18. The van der Waals surface area contributed by atoms with E-state index in [0.717, 1.165) is 5.56 Å². The highest BCUT2D eigenvalue weighted by Gasteiger charge is 2.23. The molecule has 3 aromatic rings. The van der Waals surface area contributed by atoms with E-state index in [1.165, 1.54) is 6.33 Å². The molecule has 2 heterocycles. The second-order valence-electron chi connectivity index (χ2n) is 6.40. The number of nitrogens with zero attached hydrogens (tertiary/aromatic N) is 4. The Morgan fingerprint density at radius 1 is 1.25 bits per heavy atom. The molecule has 0 saturated heterocycles. The summed E-state index contributed by atoms with van der Waals surface area (Å²) in [5.41, 5.74) is 2.11. The van der Waals surface area contributed by atoms with Crippen molar-refractivity contribution in [3.63, 3.8) is 0 Å². The highest BCUT2D eigenvalue weighted by molar-refractivity contribution is 7.56. The van der Waals surface area contributed by atoms with Crippen LogP contribution in [0.15, 0.2) is 43.0 Å². The molecule has 3 rings (SSSR count). The Morgan fingerprint density at radius 3 is 2.75 bits per heavy atom. The Morgan fingerprint density at radius 2 is 2.04 bits per heavy atom. The zero-order chi connectivity index (χ0) is 20.0. The molecule has 1 aromatic carbocycles. The van der Waals surface area contributed by atoms with Crippen LogP contribution in [0, 0.1) is 0 Å². The van der Waals surface area contributed by atoms with Gasteiger partial charge in [0, 0.05) is 14.2 Å². The number of imidazole rings is 1. The molecular formula is C18H24N5O4P. The SMILES string of the molecule is CNc1ncnc2c1ncn2C[C@@H](COC)OCP(=O)(O)Cc1ccccc1. The number of anilines is 1. The van der Waals surface area contributed by atoms with Crippen molar-refractivity contribution in [2.45, 2.75) is 18.8 Å². The molecule has 0 aliphatic heterocycles. The number of hydrogen-bond acceptors (Lipinski definition) is 7. The zero-order valence-electron chi connectivity index (χ0n) is 15.9. The number of rotatable bonds is 10. The molecule has 2 aromatic heterocycles. The lowest BCUT2D eigenvalue weighted by molar-refractivity contribution is 0.00687. The van der Waals surface area contributed by atoms with Crippen LogP contribution in [-0.4, -0.2) is 57.6 Å². The fourth-order valence-electron chi connectivity index (χ4n) is 2.89. The summed E-state index contributed by atoms with van der Waals surface area (Å²) >= 11 is 0. The van der Waals surface area contributed by atoms with Crippen molar-refractivity contribution >= 4 is 24.4 Å². The first kappa shape index (κ1) is 20.4. The number of nitrogens with one attached hydrogen (secondary N) is 1. The van der Waals surface area contributed by atoms with Crippen LogP contribution in [0.2, 0.25) is 0 Å². The summed E-state index contributed by atoms with van der Waals surface area (Å²) in [7, 11) is -0.152. The van der Waals surface area contributed by atoms with Crippen molar-refractivity contribution < 1.29 is 18.9 Å². The first-order chi connectivity index (χ1) is 13.5. The topological polar surface area (TPSA) is 111 Å². The minimum atomic E-state index is -3.48. The Hall–Kier alpha value is -2.32. The predicted octanol–water partition coefficient (Wildman–Crippen LogP) is 2.33. The number of aromatic nitrogens is 4. The molecule has 10 heteroatoms. The van der Waals surface area contributed by atoms with Gasteiger partial charge >= 0.3 is 0 Å². The van der Waals surface area contributed by atoms with Crippen molar-refractivity contribution in [3.8, 4) is 0 Å². The van der Waals surface area contributed by atoms with E-state index in [1.54, 1.807) is 20.5 Å². The van der Waals surface area contributed by atoms with Gasteiger partial charge in [-0.2, -0.15) is 0 Å². The minimum absolute atomic E-state index is 0.0697. The third-order valence-corrected chi connectivity index (χ3v) is 5.59. The molecule has 0 fully saturated rings. The molecule has 0 saturated carbocycles. The van der Waals surface area contributed by atoms with Gasteiger partial charge in [0.05, 0.1) is 31.7 Å². The van der Waals surface area contributed by atoms with Gasteiger partial charge in [-0.3, -0.25) is 4.57 Å². The van der Waals surface area contributed by atoms with Gasteiger partial charge < -0.3 is 24.3 Å². The molecule has 28 heavy (non-hydrogen) atoms. The van der Waals surface area contributed by atoms with Crippen LogP contribution < -0.4 is 5.32 Å². The van der Waals surface area contributed by atoms with Crippen LogP contribution >= 0.6 is 7.37 Å². The summed E-state index contributed by atoms with van der Waals surface area (Å²) in [6, 6.07) is 9.21. The van der Waals surface area contributed by atoms with E-state index in [-0.39, 0.29) is 19.1 Å². The van der Waals surface area contributed by atoms with E-state index in [4.69, 9.17) is 9.47 Å². The summed E-state index contributed by atoms with van der Waals surface area (Å²) in [5, 5.41) is 2.98. The Balaban J connectivity index is 1.68. The Labute approximate surface area is 163 Å². The second-order valence-corrected chi connectivity index (χ2v) is 8.67. The number of benzene rings is 1. The van der Waals surface area contributed by atoms with E-state index in [1.807, 2.05) is 34.9 Å². The number of hydrogen-bond donors (Lipinski definition) is 2. The summed E-state index contributed by atoms with van der Waals surface area (Å²) in [6.45, 7) is 0.658. The van der Waals surface area contributed by atoms with Gasteiger partial charge in [0.2, 0.25) is 7.37 Å². The van der Waals surface area contributed by atoms with Crippen molar-refractivity contribution in [1.82, 2.24) is 19.5 Å². The van der Waals surface area contributed by atoms with Crippen LogP contribution in [0.3, 0.4) is 0 Å². The highest BCUT2D eigenvalue weighted by atomic mass is 31.2. The van der Waals surface area contributed by atoms with Gasteiger partial charge in [-0.1, -0.05) is 30.3 Å². The summed E-state index contributed by atoms with van der Waals surface area (Å²) < 4.78 is 25.3. The summed E-state index contributed by atoms with van der Waals surface area (Å²) in [5.74, 6) is 0.635. The molecule has 2 atom stereocenters.